The van der Waals surface area contributed by atoms with Crippen LogP contribution in [0, 0.1) is 5.92 Å². The van der Waals surface area contributed by atoms with E-state index in [2.05, 4.69) is 38.7 Å². The molecule has 2 aromatic heterocycles. The lowest BCUT2D eigenvalue weighted by Crippen LogP contribution is -2.39. The van der Waals surface area contributed by atoms with Crippen LogP contribution in [0.15, 0.2) is 36.9 Å². The van der Waals surface area contributed by atoms with E-state index >= 15 is 0 Å². The molecule has 0 spiro atoms. The van der Waals surface area contributed by atoms with Crippen molar-refractivity contribution in [1.82, 2.24) is 30.3 Å². The van der Waals surface area contributed by atoms with Crippen LogP contribution < -0.4 is 10.6 Å². The van der Waals surface area contributed by atoms with Crippen molar-refractivity contribution in [1.29, 1.82) is 0 Å². The third kappa shape index (κ3) is 3.91. The Morgan fingerprint density at radius 1 is 1.33 bits per heavy atom. The summed E-state index contributed by atoms with van der Waals surface area (Å²) in [5.74, 6) is 0.392. The lowest BCUT2D eigenvalue weighted by atomic mass is 9.95. The average molecular weight is 328 g/mol. The normalized spacial score (nSPS) is 20.9. The van der Waals surface area contributed by atoms with Crippen molar-refractivity contribution in [3.05, 3.63) is 48.0 Å². The zero-order valence-corrected chi connectivity index (χ0v) is 14.1. The van der Waals surface area contributed by atoms with E-state index in [9.17, 15) is 4.79 Å². The fraction of sp³-hybridized carbons (Fsp3) is 0.471. The van der Waals surface area contributed by atoms with Gasteiger partial charge < -0.3 is 10.6 Å². The summed E-state index contributed by atoms with van der Waals surface area (Å²) in [6, 6.07) is 4.23. The number of carbonyl (C=O) groups is 1. The quantitative estimate of drug-likeness (QED) is 0.868. The van der Waals surface area contributed by atoms with Crippen LogP contribution >= 0.6 is 0 Å². The summed E-state index contributed by atoms with van der Waals surface area (Å²) >= 11 is 0. The molecule has 0 aromatic carbocycles. The molecule has 3 rings (SSSR count). The number of urea groups is 1. The molecule has 7 heteroatoms. The topological polar surface area (TPSA) is 75.1 Å². The van der Waals surface area contributed by atoms with Gasteiger partial charge >= 0.3 is 6.03 Å². The van der Waals surface area contributed by atoms with Gasteiger partial charge in [-0.2, -0.15) is 5.10 Å². The third-order valence-corrected chi connectivity index (χ3v) is 4.54. The average Bonchev–Trinajstić information content (AvgIpc) is 3.17. The van der Waals surface area contributed by atoms with Crippen LogP contribution in [0.25, 0.3) is 0 Å². The smallest absolute Gasteiger partial charge is 0.315 e. The van der Waals surface area contributed by atoms with Crippen LogP contribution in [0.5, 0.6) is 0 Å². The summed E-state index contributed by atoms with van der Waals surface area (Å²) < 4.78 is 1.72. The van der Waals surface area contributed by atoms with E-state index in [1.54, 1.807) is 17.1 Å². The highest BCUT2D eigenvalue weighted by atomic mass is 16.2. The van der Waals surface area contributed by atoms with Crippen molar-refractivity contribution in [3.8, 4) is 0 Å². The third-order valence-electron chi connectivity index (χ3n) is 4.54. The van der Waals surface area contributed by atoms with Crippen molar-refractivity contribution in [2.24, 2.45) is 13.0 Å². The SMILES string of the molecule is CN1CC[C@@H](CNC(=O)NCc2cnn(C)c2)[C@@H]1c1cccnc1. The molecule has 0 unspecified atom stereocenters. The highest BCUT2D eigenvalue weighted by Gasteiger charge is 2.33. The summed E-state index contributed by atoms with van der Waals surface area (Å²) in [6.07, 6.45) is 8.42. The molecule has 2 aromatic rings. The van der Waals surface area contributed by atoms with Gasteiger partial charge in [0, 0.05) is 50.3 Å². The number of likely N-dealkylation sites (tertiary alicyclic amines) is 1. The number of hydrogen-bond acceptors (Lipinski definition) is 4. The summed E-state index contributed by atoms with van der Waals surface area (Å²) in [7, 11) is 3.99. The van der Waals surface area contributed by atoms with Gasteiger partial charge in [-0.1, -0.05) is 6.07 Å². The first-order chi connectivity index (χ1) is 11.6. The molecule has 0 saturated carbocycles. The largest absolute Gasteiger partial charge is 0.338 e. The first-order valence-corrected chi connectivity index (χ1v) is 8.23. The van der Waals surface area contributed by atoms with E-state index in [1.807, 2.05) is 25.5 Å². The Morgan fingerprint density at radius 3 is 2.92 bits per heavy atom. The molecule has 0 radical (unpaired) electrons. The van der Waals surface area contributed by atoms with E-state index in [0.29, 0.717) is 25.0 Å². The van der Waals surface area contributed by atoms with Gasteiger partial charge in [0.25, 0.3) is 0 Å². The number of rotatable bonds is 5. The first kappa shape index (κ1) is 16.4. The molecular formula is C17H24N6O. The van der Waals surface area contributed by atoms with E-state index in [0.717, 1.165) is 18.5 Å². The van der Waals surface area contributed by atoms with Crippen molar-refractivity contribution in [3.63, 3.8) is 0 Å². The van der Waals surface area contributed by atoms with Gasteiger partial charge in [-0.15, -0.1) is 0 Å². The Bertz CT molecular complexity index is 671. The monoisotopic (exact) mass is 328 g/mol. The van der Waals surface area contributed by atoms with Gasteiger partial charge in [-0.25, -0.2) is 4.79 Å². The van der Waals surface area contributed by atoms with Crippen molar-refractivity contribution >= 4 is 6.03 Å². The highest BCUT2D eigenvalue weighted by molar-refractivity contribution is 5.73. The van der Waals surface area contributed by atoms with E-state index < -0.39 is 0 Å². The first-order valence-electron chi connectivity index (χ1n) is 8.23. The van der Waals surface area contributed by atoms with Crippen LogP contribution in [-0.2, 0) is 13.6 Å². The maximum Gasteiger partial charge on any atom is 0.315 e. The van der Waals surface area contributed by atoms with E-state index in [1.165, 1.54) is 5.56 Å². The van der Waals surface area contributed by atoms with Crippen LogP contribution in [0.2, 0.25) is 0 Å². The standard InChI is InChI=1S/C17H24N6O/c1-22-7-5-15(16(22)14-4-3-6-18-10-14)11-20-17(24)19-8-13-9-21-23(2)12-13/h3-4,6,9-10,12,15-16H,5,7-8,11H2,1-2H3,(H2,19,20,24)/t15-,16-/m0/s1. The molecule has 2 atom stereocenters. The number of carbonyl (C=O) groups excluding carboxylic acids is 1. The molecule has 3 heterocycles. The maximum atomic E-state index is 12.0. The Labute approximate surface area is 142 Å². The molecule has 1 aliphatic rings. The van der Waals surface area contributed by atoms with Gasteiger partial charge in [0.2, 0.25) is 0 Å². The van der Waals surface area contributed by atoms with Crippen LogP contribution in [0.1, 0.15) is 23.6 Å². The Morgan fingerprint density at radius 2 is 2.21 bits per heavy atom. The van der Waals surface area contributed by atoms with Crippen molar-refractivity contribution in [2.75, 3.05) is 20.1 Å². The Kier molecular flexibility index (Phi) is 5.10. The number of pyridine rings is 1. The second-order valence-corrected chi connectivity index (χ2v) is 6.35. The van der Waals surface area contributed by atoms with Crippen LogP contribution in [-0.4, -0.2) is 45.8 Å². The summed E-state index contributed by atoms with van der Waals surface area (Å²) in [5, 5.41) is 9.96. The van der Waals surface area contributed by atoms with Crippen LogP contribution in [0.3, 0.4) is 0 Å². The number of hydrogen-bond donors (Lipinski definition) is 2. The second-order valence-electron chi connectivity index (χ2n) is 6.35. The van der Waals surface area contributed by atoms with Gasteiger partial charge in [-0.05, 0) is 37.6 Å². The minimum absolute atomic E-state index is 0.140. The molecule has 128 valence electrons. The fourth-order valence-corrected chi connectivity index (χ4v) is 3.35. The molecule has 2 amide bonds. The van der Waals surface area contributed by atoms with E-state index in [-0.39, 0.29) is 6.03 Å². The summed E-state index contributed by atoms with van der Waals surface area (Å²) in [4.78, 5) is 18.6. The lowest BCUT2D eigenvalue weighted by Gasteiger charge is -2.25. The maximum absolute atomic E-state index is 12.0. The Hall–Kier alpha value is -2.41. The predicted octanol–water partition coefficient (Wildman–Crippen LogP) is 1.31. The molecule has 0 bridgehead atoms. The highest BCUT2D eigenvalue weighted by Crippen LogP contribution is 2.35. The van der Waals surface area contributed by atoms with Gasteiger partial charge in [0.05, 0.1) is 6.20 Å². The molecule has 1 aliphatic heterocycles. The predicted molar refractivity (Wildman–Crippen MR) is 91.2 cm³/mol. The molecule has 1 fully saturated rings. The fourth-order valence-electron chi connectivity index (χ4n) is 3.35. The molecular weight excluding hydrogens is 304 g/mol. The number of amides is 2. The number of nitrogens with one attached hydrogen (secondary N) is 2. The van der Waals surface area contributed by atoms with Crippen LogP contribution in [0.4, 0.5) is 4.79 Å². The summed E-state index contributed by atoms with van der Waals surface area (Å²) in [5.41, 5.74) is 2.20. The van der Waals surface area contributed by atoms with Gasteiger partial charge in [0.15, 0.2) is 0 Å². The second kappa shape index (κ2) is 7.44. The molecule has 24 heavy (non-hydrogen) atoms. The molecule has 0 aliphatic carbocycles. The zero-order chi connectivity index (χ0) is 16.9. The molecule has 7 nitrogen and oxygen atoms in total. The Balaban J connectivity index is 1.50. The van der Waals surface area contributed by atoms with Crippen molar-refractivity contribution < 1.29 is 4.79 Å². The molecule has 2 N–H and O–H groups in total. The van der Waals surface area contributed by atoms with E-state index in [4.69, 9.17) is 0 Å². The zero-order valence-electron chi connectivity index (χ0n) is 14.1. The lowest BCUT2D eigenvalue weighted by molar-refractivity contribution is 0.233. The molecule has 1 saturated heterocycles. The number of aryl methyl sites for hydroxylation is 1. The van der Waals surface area contributed by atoms with Gasteiger partial charge in [0.1, 0.15) is 0 Å². The minimum Gasteiger partial charge on any atom is -0.338 e. The van der Waals surface area contributed by atoms with Crippen molar-refractivity contribution in [2.45, 2.75) is 19.0 Å². The number of nitrogens with zero attached hydrogens (tertiary/aromatic N) is 4. The number of aromatic nitrogens is 3. The van der Waals surface area contributed by atoms with Gasteiger partial charge in [-0.3, -0.25) is 14.6 Å². The summed E-state index contributed by atoms with van der Waals surface area (Å²) in [6.45, 7) is 2.17. The minimum atomic E-state index is -0.140.